The van der Waals surface area contributed by atoms with E-state index in [2.05, 4.69) is 10.4 Å². The Bertz CT molecular complexity index is 528. The second-order valence-electron chi connectivity index (χ2n) is 4.46. The van der Waals surface area contributed by atoms with Gasteiger partial charge in [-0.25, -0.2) is 4.98 Å². The number of aromatic nitrogens is 3. The number of aryl methyl sites for hydroxylation is 2. The molecule has 1 unspecified atom stereocenters. The molecular weight excluding hydrogens is 232 g/mol. The van der Waals surface area contributed by atoms with Gasteiger partial charge in [-0.1, -0.05) is 0 Å². The van der Waals surface area contributed by atoms with Crippen molar-refractivity contribution in [3.63, 3.8) is 0 Å². The molecule has 0 aliphatic heterocycles. The summed E-state index contributed by atoms with van der Waals surface area (Å²) in [6.45, 7) is 0. The van der Waals surface area contributed by atoms with E-state index in [-0.39, 0.29) is 0 Å². The Kier molecular flexibility index (Phi) is 2.72. The molecule has 0 saturated carbocycles. The van der Waals surface area contributed by atoms with Gasteiger partial charge in [-0.15, -0.1) is 11.3 Å². The monoisotopic (exact) mass is 248 g/mol. The number of rotatable bonds is 2. The molecule has 90 valence electrons. The molecule has 17 heavy (non-hydrogen) atoms. The standard InChI is InChI=1S/C12H16N4S/c1-13-9-4-3-5-10-11(9)15-12(17-10)8-6-14-16(2)7-8/h6-7,9,13H,3-5H2,1-2H3. The van der Waals surface area contributed by atoms with Crippen LogP contribution in [0, 0.1) is 0 Å². The highest BCUT2D eigenvalue weighted by Gasteiger charge is 2.23. The summed E-state index contributed by atoms with van der Waals surface area (Å²) in [5.74, 6) is 0. The van der Waals surface area contributed by atoms with Crippen molar-refractivity contribution in [1.82, 2.24) is 20.1 Å². The van der Waals surface area contributed by atoms with Crippen molar-refractivity contribution in [2.45, 2.75) is 25.3 Å². The average Bonchev–Trinajstić information content (AvgIpc) is 2.93. The zero-order valence-corrected chi connectivity index (χ0v) is 10.9. The summed E-state index contributed by atoms with van der Waals surface area (Å²) >= 11 is 1.82. The highest BCUT2D eigenvalue weighted by atomic mass is 32.1. The van der Waals surface area contributed by atoms with Crippen LogP contribution >= 0.6 is 11.3 Å². The molecule has 1 aliphatic rings. The van der Waals surface area contributed by atoms with Crippen LogP contribution in [-0.2, 0) is 13.5 Å². The topological polar surface area (TPSA) is 42.7 Å². The Labute approximate surface area is 105 Å². The van der Waals surface area contributed by atoms with Crippen LogP contribution in [0.3, 0.4) is 0 Å². The highest BCUT2D eigenvalue weighted by molar-refractivity contribution is 7.15. The van der Waals surface area contributed by atoms with Crippen LogP contribution in [-0.4, -0.2) is 21.8 Å². The first-order chi connectivity index (χ1) is 8.28. The summed E-state index contributed by atoms with van der Waals surface area (Å²) < 4.78 is 1.82. The van der Waals surface area contributed by atoms with Gasteiger partial charge in [-0.3, -0.25) is 4.68 Å². The van der Waals surface area contributed by atoms with E-state index in [1.165, 1.54) is 29.8 Å². The number of fused-ring (bicyclic) bond motifs is 1. The van der Waals surface area contributed by atoms with Gasteiger partial charge in [-0.05, 0) is 26.3 Å². The van der Waals surface area contributed by atoms with Gasteiger partial charge < -0.3 is 5.32 Å². The van der Waals surface area contributed by atoms with Gasteiger partial charge in [0.2, 0.25) is 0 Å². The zero-order valence-electron chi connectivity index (χ0n) is 10.1. The van der Waals surface area contributed by atoms with E-state index < -0.39 is 0 Å². The van der Waals surface area contributed by atoms with Gasteiger partial charge >= 0.3 is 0 Å². The first-order valence-electron chi connectivity index (χ1n) is 5.94. The maximum Gasteiger partial charge on any atom is 0.127 e. The normalized spacial score (nSPS) is 19.3. The van der Waals surface area contributed by atoms with Crippen LogP contribution in [0.5, 0.6) is 0 Å². The molecule has 2 aromatic heterocycles. The third kappa shape index (κ3) is 1.89. The fourth-order valence-corrected chi connectivity index (χ4v) is 3.49. The van der Waals surface area contributed by atoms with Crippen molar-refractivity contribution in [2.24, 2.45) is 7.05 Å². The van der Waals surface area contributed by atoms with Crippen LogP contribution in [0.4, 0.5) is 0 Å². The number of hydrogen-bond donors (Lipinski definition) is 1. The van der Waals surface area contributed by atoms with Gasteiger partial charge in [0.05, 0.1) is 17.9 Å². The molecule has 0 radical (unpaired) electrons. The third-order valence-corrected chi connectivity index (χ3v) is 4.43. The fraction of sp³-hybridized carbons (Fsp3) is 0.500. The van der Waals surface area contributed by atoms with E-state index in [0.29, 0.717) is 6.04 Å². The average molecular weight is 248 g/mol. The molecule has 2 aromatic rings. The summed E-state index contributed by atoms with van der Waals surface area (Å²) in [7, 11) is 3.95. The SMILES string of the molecule is CNC1CCCc2sc(-c3cnn(C)c3)nc21. The summed E-state index contributed by atoms with van der Waals surface area (Å²) in [4.78, 5) is 6.23. The minimum Gasteiger partial charge on any atom is -0.312 e. The second-order valence-corrected chi connectivity index (χ2v) is 5.55. The van der Waals surface area contributed by atoms with Gasteiger partial charge in [0.15, 0.2) is 0 Å². The van der Waals surface area contributed by atoms with E-state index in [4.69, 9.17) is 4.98 Å². The smallest absolute Gasteiger partial charge is 0.127 e. The minimum atomic E-state index is 0.431. The number of hydrogen-bond acceptors (Lipinski definition) is 4. The van der Waals surface area contributed by atoms with Gasteiger partial charge in [0.25, 0.3) is 0 Å². The van der Waals surface area contributed by atoms with Crippen molar-refractivity contribution < 1.29 is 0 Å². The van der Waals surface area contributed by atoms with Crippen LogP contribution in [0.15, 0.2) is 12.4 Å². The molecule has 1 aliphatic carbocycles. The van der Waals surface area contributed by atoms with Crippen molar-refractivity contribution in [3.05, 3.63) is 23.0 Å². The lowest BCUT2D eigenvalue weighted by Gasteiger charge is -2.19. The molecule has 1 atom stereocenters. The molecule has 0 fully saturated rings. The molecule has 0 bridgehead atoms. The van der Waals surface area contributed by atoms with E-state index in [9.17, 15) is 0 Å². The van der Waals surface area contributed by atoms with E-state index in [0.717, 1.165) is 10.6 Å². The fourth-order valence-electron chi connectivity index (χ4n) is 2.35. The van der Waals surface area contributed by atoms with Crippen LogP contribution in [0.25, 0.3) is 10.6 Å². The lowest BCUT2D eigenvalue weighted by Crippen LogP contribution is -2.21. The summed E-state index contributed by atoms with van der Waals surface area (Å²) in [5, 5.41) is 8.66. The molecule has 2 heterocycles. The molecule has 3 rings (SSSR count). The summed E-state index contributed by atoms with van der Waals surface area (Å²) in [6.07, 6.45) is 7.54. The van der Waals surface area contributed by atoms with Gasteiger partial charge in [0.1, 0.15) is 5.01 Å². The quantitative estimate of drug-likeness (QED) is 0.885. The van der Waals surface area contributed by atoms with E-state index >= 15 is 0 Å². The molecule has 0 amide bonds. The van der Waals surface area contributed by atoms with Gasteiger partial charge in [-0.2, -0.15) is 5.10 Å². The second kappa shape index (κ2) is 4.23. The Hall–Kier alpha value is -1.20. The first-order valence-corrected chi connectivity index (χ1v) is 6.75. The minimum absolute atomic E-state index is 0.431. The summed E-state index contributed by atoms with van der Waals surface area (Å²) in [5.41, 5.74) is 2.38. The van der Waals surface area contributed by atoms with Crippen molar-refractivity contribution in [2.75, 3.05) is 7.05 Å². The first kappa shape index (κ1) is 10.9. The van der Waals surface area contributed by atoms with Crippen LogP contribution in [0.1, 0.15) is 29.5 Å². The zero-order chi connectivity index (χ0) is 11.8. The Morgan fingerprint density at radius 1 is 1.53 bits per heavy atom. The van der Waals surface area contributed by atoms with Crippen molar-refractivity contribution in [1.29, 1.82) is 0 Å². The highest BCUT2D eigenvalue weighted by Crippen LogP contribution is 2.36. The Morgan fingerprint density at radius 3 is 3.12 bits per heavy atom. The maximum atomic E-state index is 4.79. The van der Waals surface area contributed by atoms with Gasteiger partial charge in [0, 0.05) is 23.7 Å². The Morgan fingerprint density at radius 2 is 2.41 bits per heavy atom. The predicted octanol–water partition coefficient (Wildman–Crippen LogP) is 2.14. The maximum absolute atomic E-state index is 4.79. The lowest BCUT2D eigenvalue weighted by molar-refractivity contribution is 0.490. The molecule has 0 aromatic carbocycles. The van der Waals surface area contributed by atoms with Crippen molar-refractivity contribution >= 4 is 11.3 Å². The predicted molar refractivity (Wildman–Crippen MR) is 69.1 cm³/mol. The number of thiazole rings is 1. The Balaban J connectivity index is 2.01. The van der Waals surface area contributed by atoms with Crippen LogP contribution in [0.2, 0.25) is 0 Å². The molecule has 0 spiro atoms. The van der Waals surface area contributed by atoms with Crippen LogP contribution < -0.4 is 5.32 Å². The lowest BCUT2D eigenvalue weighted by atomic mass is 9.98. The van der Waals surface area contributed by atoms with E-state index in [1.54, 1.807) is 0 Å². The third-order valence-electron chi connectivity index (χ3n) is 3.25. The number of nitrogens with zero attached hydrogens (tertiary/aromatic N) is 3. The number of nitrogens with one attached hydrogen (secondary N) is 1. The van der Waals surface area contributed by atoms with Crippen molar-refractivity contribution in [3.8, 4) is 10.6 Å². The largest absolute Gasteiger partial charge is 0.312 e. The summed E-state index contributed by atoms with van der Waals surface area (Å²) in [6, 6.07) is 0.431. The van der Waals surface area contributed by atoms with E-state index in [1.807, 2.05) is 42.5 Å². The molecule has 1 N–H and O–H groups in total. The molecule has 4 nitrogen and oxygen atoms in total. The molecule has 5 heteroatoms. The molecular formula is C12H16N4S. The molecule has 0 saturated heterocycles.